The molecule has 0 atom stereocenters. The van der Waals surface area contributed by atoms with Crippen LogP contribution in [-0.4, -0.2) is 13.1 Å². The molecular formula is C16H15N3O2. The molecule has 0 spiro atoms. The first-order valence-corrected chi connectivity index (χ1v) is 6.35. The monoisotopic (exact) mass is 281 g/mol. The van der Waals surface area contributed by atoms with Gasteiger partial charge in [0.1, 0.15) is 0 Å². The Bertz CT molecular complexity index is 691. The topological polar surface area (TPSA) is 63.1 Å². The summed E-state index contributed by atoms with van der Waals surface area (Å²) in [4.78, 5) is 11.2. The van der Waals surface area contributed by atoms with Crippen molar-refractivity contribution in [2.45, 2.75) is 0 Å². The van der Waals surface area contributed by atoms with Gasteiger partial charge in [-0.25, -0.2) is 4.79 Å². The van der Waals surface area contributed by atoms with Crippen LogP contribution in [0.15, 0.2) is 77.4 Å². The van der Waals surface area contributed by atoms with Crippen LogP contribution in [0, 0.1) is 0 Å². The lowest BCUT2D eigenvalue weighted by Gasteiger charge is -2.01. The van der Waals surface area contributed by atoms with Gasteiger partial charge >= 0.3 is 5.97 Å². The van der Waals surface area contributed by atoms with Crippen molar-refractivity contribution in [3.63, 3.8) is 0 Å². The molecule has 1 aliphatic rings. The Morgan fingerprint density at radius 3 is 2.71 bits per heavy atom. The predicted molar refractivity (Wildman–Crippen MR) is 81.6 cm³/mol. The molecule has 0 unspecified atom stereocenters. The van der Waals surface area contributed by atoms with Crippen LogP contribution in [-0.2, 0) is 4.74 Å². The molecule has 5 nitrogen and oxygen atoms in total. The summed E-state index contributed by atoms with van der Waals surface area (Å²) in [5.41, 5.74) is 3.15. The number of hydrogen-bond acceptors (Lipinski definition) is 5. The van der Waals surface area contributed by atoms with Gasteiger partial charge in [-0.05, 0) is 35.1 Å². The van der Waals surface area contributed by atoms with Crippen LogP contribution < -0.4 is 5.43 Å². The second-order valence-corrected chi connectivity index (χ2v) is 4.10. The quantitative estimate of drug-likeness (QED) is 0.812. The lowest BCUT2D eigenvalue weighted by atomic mass is 10.1. The van der Waals surface area contributed by atoms with E-state index in [1.807, 2.05) is 42.5 Å². The van der Waals surface area contributed by atoms with Crippen LogP contribution in [0.2, 0.25) is 0 Å². The van der Waals surface area contributed by atoms with Gasteiger partial charge in [0.15, 0.2) is 0 Å². The summed E-state index contributed by atoms with van der Waals surface area (Å²) in [5.74, 6) is -0.296. The number of nitrogens with one attached hydrogen (secondary N) is 1. The van der Waals surface area contributed by atoms with Crippen LogP contribution in [0.3, 0.4) is 0 Å². The van der Waals surface area contributed by atoms with E-state index in [2.05, 4.69) is 20.5 Å². The summed E-state index contributed by atoms with van der Waals surface area (Å²) in [6.07, 6.45) is 6.92. The first-order valence-electron chi connectivity index (χ1n) is 6.35. The maximum Gasteiger partial charge on any atom is 0.337 e. The van der Waals surface area contributed by atoms with E-state index in [0.29, 0.717) is 5.56 Å². The highest BCUT2D eigenvalue weighted by atomic mass is 16.5. The minimum Gasteiger partial charge on any atom is -0.465 e. The highest BCUT2D eigenvalue weighted by molar-refractivity contribution is 5.95. The van der Waals surface area contributed by atoms with Crippen LogP contribution in [0.25, 0.3) is 10.8 Å². The number of rotatable bonds is 1. The summed E-state index contributed by atoms with van der Waals surface area (Å²) in [7, 11) is 1.39. The Kier molecular flexibility index (Phi) is 5.23. The average Bonchev–Trinajstić information content (AvgIpc) is 2.87. The normalized spacial score (nSPS) is 12.0. The Morgan fingerprint density at radius 2 is 1.90 bits per heavy atom. The predicted octanol–water partition coefficient (Wildman–Crippen LogP) is 3.61. The number of benzene rings is 2. The fourth-order valence-corrected chi connectivity index (χ4v) is 1.72. The number of nitrogens with zero attached hydrogens (tertiary/aromatic N) is 2. The number of esters is 1. The van der Waals surface area contributed by atoms with E-state index in [1.165, 1.54) is 7.11 Å². The minimum absolute atomic E-state index is 0.296. The summed E-state index contributed by atoms with van der Waals surface area (Å²) in [6, 6.07) is 13.4. The SMILES string of the molecule is C1=CN=NNC=C1.COC(=O)c1ccc2ccccc2c1. The first-order chi connectivity index (χ1) is 10.3. The first kappa shape index (κ1) is 14.5. The molecule has 0 bridgehead atoms. The maximum atomic E-state index is 11.2. The number of carbonyl (C=O) groups is 1. The van der Waals surface area contributed by atoms with E-state index in [0.717, 1.165) is 10.8 Å². The number of ether oxygens (including phenoxy) is 1. The minimum atomic E-state index is -0.296. The van der Waals surface area contributed by atoms with Crippen LogP contribution in [0.4, 0.5) is 0 Å². The molecule has 21 heavy (non-hydrogen) atoms. The molecule has 2 aromatic carbocycles. The molecule has 0 amide bonds. The average molecular weight is 281 g/mol. The zero-order chi connectivity index (χ0) is 14.9. The number of allylic oxidation sites excluding steroid dienone is 2. The van der Waals surface area contributed by atoms with E-state index in [1.54, 1.807) is 24.5 Å². The van der Waals surface area contributed by atoms with Gasteiger partial charge in [0.05, 0.1) is 18.9 Å². The van der Waals surface area contributed by atoms with Crippen molar-refractivity contribution in [3.05, 3.63) is 72.6 Å². The second-order valence-electron chi connectivity index (χ2n) is 4.10. The molecule has 0 aliphatic carbocycles. The standard InChI is InChI=1S/C12H10O2.C4H5N3/c1-14-12(13)11-7-6-9-4-2-3-5-10(9)8-11;1-2-4-6-7-5-3-1/h2-8H,1H3;1-4H,(H,5,6). The molecule has 0 fully saturated rings. The van der Waals surface area contributed by atoms with Crippen LogP contribution in [0.5, 0.6) is 0 Å². The molecule has 2 aromatic rings. The molecule has 106 valence electrons. The van der Waals surface area contributed by atoms with E-state index in [-0.39, 0.29) is 5.97 Å². The Hall–Kier alpha value is -2.95. The summed E-state index contributed by atoms with van der Waals surface area (Å²) in [5, 5.41) is 9.19. The zero-order valence-corrected chi connectivity index (χ0v) is 11.6. The van der Waals surface area contributed by atoms with Gasteiger partial charge in [-0.15, -0.1) is 5.11 Å². The number of hydrogen-bond donors (Lipinski definition) is 1. The van der Waals surface area contributed by atoms with Gasteiger partial charge in [0.2, 0.25) is 0 Å². The molecule has 1 aliphatic heterocycles. The van der Waals surface area contributed by atoms with E-state index in [9.17, 15) is 4.79 Å². The summed E-state index contributed by atoms with van der Waals surface area (Å²) in [6.45, 7) is 0. The van der Waals surface area contributed by atoms with Crippen molar-refractivity contribution in [1.82, 2.24) is 5.43 Å². The van der Waals surface area contributed by atoms with Gasteiger partial charge in [0.25, 0.3) is 0 Å². The molecule has 0 radical (unpaired) electrons. The molecule has 0 saturated carbocycles. The fourth-order valence-electron chi connectivity index (χ4n) is 1.72. The van der Waals surface area contributed by atoms with Crippen molar-refractivity contribution in [2.75, 3.05) is 7.11 Å². The smallest absolute Gasteiger partial charge is 0.337 e. The van der Waals surface area contributed by atoms with Gasteiger partial charge in [-0.3, -0.25) is 5.43 Å². The highest BCUT2D eigenvalue weighted by Gasteiger charge is 2.04. The Morgan fingerprint density at radius 1 is 1.10 bits per heavy atom. The van der Waals surface area contributed by atoms with E-state index < -0.39 is 0 Å². The number of carbonyl (C=O) groups excluding carboxylic acids is 1. The second kappa shape index (κ2) is 7.59. The molecular weight excluding hydrogens is 266 g/mol. The van der Waals surface area contributed by atoms with Gasteiger partial charge < -0.3 is 4.74 Å². The lowest BCUT2D eigenvalue weighted by Crippen LogP contribution is -2.00. The fraction of sp³-hybridized carbons (Fsp3) is 0.0625. The maximum absolute atomic E-state index is 11.2. The lowest BCUT2D eigenvalue weighted by molar-refractivity contribution is 0.0601. The largest absolute Gasteiger partial charge is 0.465 e. The third-order valence-electron chi connectivity index (χ3n) is 2.72. The molecule has 1 heterocycles. The summed E-state index contributed by atoms with van der Waals surface area (Å²) >= 11 is 0. The van der Waals surface area contributed by atoms with Gasteiger partial charge in [-0.1, -0.05) is 35.6 Å². The zero-order valence-electron chi connectivity index (χ0n) is 11.6. The van der Waals surface area contributed by atoms with Crippen molar-refractivity contribution in [2.24, 2.45) is 10.3 Å². The molecule has 3 rings (SSSR count). The molecule has 0 saturated heterocycles. The third-order valence-corrected chi connectivity index (χ3v) is 2.72. The third kappa shape index (κ3) is 4.28. The van der Waals surface area contributed by atoms with Crippen molar-refractivity contribution < 1.29 is 9.53 Å². The van der Waals surface area contributed by atoms with Crippen molar-refractivity contribution in [3.8, 4) is 0 Å². The number of methoxy groups -OCH3 is 1. The highest BCUT2D eigenvalue weighted by Crippen LogP contribution is 2.15. The van der Waals surface area contributed by atoms with E-state index >= 15 is 0 Å². The molecule has 1 N–H and O–H groups in total. The summed E-state index contributed by atoms with van der Waals surface area (Å²) < 4.78 is 4.65. The van der Waals surface area contributed by atoms with Crippen molar-refractivity contribution >= 4 is 16.7 Å². The van der Waals surface area contributed by atoms with Crippen LogP contribution >= 0.6 is 0 Å². The van der Waals surface area contributed by atoms with Crippen LogP contribution in [0.1, 0.15) is 10.4 Å². The molecule has 0 aromatic heterocycles. The number of fused-ring (bicyclic) bond motifs is 1. The van der Waals surface area contributed by atoms with Gasteiger partial charge in [0, 0.05) is 6.20 Å². The van der Waals surface area contributed by atoms with E-state index in [4.69, 9.17) is 0 Å². The Labute approximate surface area is 122 Å². The van der Waals surface area contributed by atoms with Gasteiger partial charge in [-0.2, -0.15) is 0 Å². The Balaban J connectivity index is 0.000000194. The van der Waals surface area contributed by atoms with Crippen molar-refractivity contribution in [1.29, 1.82) is 0 Å². The molecule has 5 heteroatoms.